The molecule has 15 nitrogen and oxygen atoms in total. The summed E-state index contributed by atoms with van der Waals surface area (Å²) in [6.45, 7) is 18.4. The van der Waals surface area contributed by atoms with Crippen molar-refractivity contribution < 1.29 is 19.1 Å². The van der Waals surface area contributed by atoms with Crippen LogP contribution >= 0.6 is 39.1 Å². The number of amides is 1. The minimum absolute atomic E-state index is 0.0433. The van der Waals surface area contributed by atoms with Crippen LogP contribution in [0.15, 0.2) is 12.4 Å². The fraction of sp³-hybridized carbons (Fsp3) is 0.535. The molecular weight excluding hydrogens is 885 g/mol. The second-order valence-corrected chi connectivity index (χ2v) is 17.6. The Morgan fingerprint density at radius 2 is 1.23 bits per heavy atom. The first-order valence-corrected chi connectivity index (χ1v) is 22.3. The Balaban J connectivity index is 0.000000236. The predicted octanol–water partition coefficient (Wildman–Crippen LogP) is 8.20. The van der Waals surface area contributed by atoms with Gasteiger partial charge in [-0.25, -0.2) is 4.98 Å². The molecule has 0 bridgehead atoms. The first-order valence-electron chi connectivity index (χ1n) is 20.4. The van der Waals surface area contributed by atoms with Crippen LogP contribution in [0.3, 0.4) is 0 Å². The summed E-state index contributed by atoms with van der Waals surface area (Å²) < 4.78 is 11.0. The molecule has 6 heterocycles. The molecule has 0 radical (unpaired) electrons. The first kappa shape index (κ1) is 49.1. The number of nitrogens with two attached hydrogens (primary N) is 2. The van der Waals surface area contributed by atoms with Crippen LogP contribution in [0.1, 0.15) is 92.6 Å². The number of carbonyl (C=O) groups is 2. The topological polar surface area (TPSA) is 192 Å². The minimum Gasteiger partial charge on any atom is -0.496 e. The first-order chi connectivity index (χ1) is 28.9. The number of carbonyl (C=O) groups excluding carboxylic acids is 2. The molecule has 4 aromatic heterocycles. The molecule has 18 heteroatoms. The van der Waals surface area contributed by atoms with E-state index in [0.29, 0.717) is 48.4 Å². The van der Waals surface area contributed by atoms with Crippen molar-refractivity contribution in [3.63, 3.8) is 0 Å². The van der Waals surface area contributed by atoms with Gasteiger partial charge in [-0.1, -0.05) is 73.2 Å². The number of anilines is 5. The fourth-order valence-electron chi connectivity index (χ4n) is 7.21. The molecule has 4 N–H and O–H groups in total. The highest BCUT2D eigenvalue weighted by Crippen LogP contribution is 2.39. The van der Waals surface area contributed by atoms with Gasteiger partial charge in [0.25, 0.3) is 0 Å². The molecule has 1 amide bonds. The van der Waals surface area contributed by atoms with E-state index < -0.39 is 0 Å². The molecule has 0 aromatic carbocycles. The number of halogens is 3. The second-order valence-electron chi connectivity index (χ2n) is 16.0. The standard InChI is InChI=1S/C21H29ClN6O2.C16H18ClN5O2.C6H13Br/c1-12(2)7-6-8-28-16(29)11-27(20-17(28)19(22)25-21(23)26-20)10-15-14(4)18(30-5)13(3)9-24-15;1-8-5-19-12(9(2)13(8)24-3)7-22-6-10(23)4-11-14(17)20-16(18)21-15(11)22;1-6(2)4-3-5-7/h9,12H,6-8,10-11H2,1-5H3,(H2,23,25,26);5H,4,6-7H2,1-3H3,(H2,18,20,21);6H,3-5H2,1-2H3. The number of fused-ring (bicyclic) bond motifs is 2. The number of ketones is 1. The van der Waals surface area contributed by atoms with Crippen LogP contribution in [-0.2, 0) is 29.1 Å². The Bertz CT molecular complexity index is 2180. The van der Waals surface area contributed by atoms with Gasteiger partial charge in [-0.3, -0.25) is 19.6 Å². The van der Waals surface area contributed by atoms with E-state index in [1.54, 1.807) is 31.5 Å². The lowest BCUT2D eigenvalue weighted by Gasteiger charge is -2.36. The maximum Gasteiger partial charge on any atom is 0.246 e. The largest absolute Gasteiger partial charge is 0.496 e. The van der Waals surface area contributed by atoms with Crippen molar-refractivity contribution in [2.75, 3.05) is 65.4 Å². The van der Waals surface area contributed by atoms with Gasteiger partial charge >= 0.3 is 0 Å². The summed E-state index contributed by atoms with van der Waals surface area (Å²) in [5.41, 5.74) is 18.1. The fourth-order valence-corrected chi connectivity index (χ4v) is 8.05. The van der Waals surface area contributed by atoms with E-state index >= 15 is 0 Å². The second kappa shape index (κ2) is 22.5. The van der Waals surface area contributed by atoms with Crippen LogP contribution in [0.2, 0.25) is 10.3 Å². The van der Waals surface area contributed by atoms with Crippen LogP contribution in [0.4, 0.5) is 29.2 Å². The van der Waals surface area contributed by atoms with E-state index in [2.05, 4.69) is 73.5 Å². The van der Waals surface area contributed by atoms with E-state index in [9.17, 15) is 9.59 Å². The number of rotatable bonds is 13. The molecule has 4 aromatic rings. The number of alkyl halides is 1. The Morgan fingerprint density at radius 1 is 0.738 bits per heavy atom. The highest BCUT2D eigenvalue weighted by atomic mass is 79.9. The molecule has 0 fully saturated rings. The van der Waals surface area contributed by atoms with Gasteiger partial charge in [0.1, 0.15) is 28.2 Å². The number of nitrogens with zero attached hydrogens (tertiary/aromatic N) is 9. The summed E-state index contributed by atoms with van der Waals surface area (Å²) in [7, 11) is 3.27. The molecule has 0 unspecified atom stereocenters. The van der Waals surface area contributed by atoms with Gasteiger partial charge in [-0.05, 0) is 58.8 Å². The average Bonchev–Trinajstić information content (AvgIpc) is 3.18. The number of aryl methyl sites for hydroxylation is 2. The number of pyridine rings is 2. The SMILES string of the molecule is CC(C)CCCBr.COc1c(C)cnc(CN2CC(=O)Cc3c(Cl)nc(N)nc32)c1C.COc1c(C)cnc(CN2CC(=O)N(CCCC(C)C)c3c(Cl)nc(N)nc32)c1C. The normalized spacial score (nSPS) is 13.4. The van der Waals surface area contributed by atoms with Crippen LogP contribution in [0, 0.1) is 39.5 Å². The van der Waals surface area contributed by atoms with Crippen molar-refractivity contribution in [3.05, 3.63) is 61.9 Å². The maximum absolute atomic E-state index is 13.0. The van der Waals surface area contributed by atoms with Gasteiger partial charge in [0.2, 0.25) is 17.8 Å². The third-order valence-electron chi connectivity index (χ3n) is 10.3. The van der Waals surface area contributed by atoms with Crippen LogP contribution in [0.5, 0.6) is 11.5 Å². The Labute approximate surface area is 378 Å². The number of Topliss-reactive ketones (excluding diaryl/α,β-unsaturated/α-hetero) is 1. The monoisotopic (exact) mass is 943 g/mol. The zero-order valence-electron chi connectivity index (χ0n) is 37.0. The van der Waals surface area contributed by atoms with Crippen molar-refractivity contribution in [2.45, 2.75) is 101 Å². The van der Waals surface area contributed by atoms with E-state index in [-0.39, 0.29) is 53.4 Å². The highest BCUT2D eigenvalue weighted by molar-refractivity contribution is 9.09. The number of ether oxygens (including phenoxy) is 2. The van der Waals surface area contributed by atoms with Gasteiger partial charge in [-0.2, -0.15) is 15.0 Å². The number of nitrogen functional groups attached to an aromatic ring is 2. The summed E-state index contributed by atoms with van der Waals surface area (Å²) in [6, 6.07) is 0. The summed E-state index contributed by atoms with van der Waals surface area (Å²) in [6.07, 6.45) is 8.31. The highest BCUT2D eigenvalue weighted by Gasteiger charge is 2.34. The van der Waals surface area contributed by atoms with E-state index in [4.69, 9.17) is 44.1 Å². The van der Waals surface area contributed by atoms with Gasteiger partial charge in [0.15, 0.2) is 16.8 Å². The smallest absolute Gasteiger partial charge is 0.246 e. The van der Waals surface area contributed by atoms with Crippen LogP contribution < -0.4 is 35.6 Å². The molecule has 0 saturated carbocycles. The van der Waals surface area contributed by atoms with E-state index in [0.717, 1.165) is 69.2 Å². The average molecular weight is 946 g/mol. The molecule has 2 aliphatic heterocycles. The lowest BCUT2D eigenvalue weighted by atomic mass is 10.0. The van der Waals surface area contributed by atoms with Gasteiger partial charge in [-0.15, -0.1) is 0 Å². The molecule has 0 spiro atoms. The van der Waals surface area contributed by atoms with Crippen molar-refractivity contribution in [1.82, 2.24) is 29.9 Å². The summed E-state index contributed by atoms with van der Waals surface area (Å²) in [4.78, 5) is 56.3. The number of aromatic nitrogens is 6. The van der Waals surface area contributed by atoms with E-state index in [1.807, 2.05) is 37.5 Å². The number of hydrogen-bond acceptors (Lipinski definition) is 14. The van der Waals surface area contributed by atoms with Gasteiger partial charge in [0, 0.05) is 58.5 Å². The van der Waals surface area contributed by atoms with Gasteiger partial charge in [0.05, 0.1) is 51.8 Å². The molecule has 0 atom stereocenters. The van der Waals surface area contributed by atoms with Crippen molar-refractivity contribution >= 4 is 80.0 Å². The summed E-state index contributed by atoms with van der Waals surface area (Å²) in [5.74, 6) is 4.33. The Morgan fingerprint density at radius 3 is 1.72 bits per heavy atom. The van der Waals surface area contributed by atoms with Crippen molar-refractivity contribution in [2.24, 2.45) is 11.8 Å². The molecule has 332 valence electrons. The summed E-state index contributed by atoms with van der Waals surface area (Å²) >= 11 is 15.9. The quantitative estimate of drug-likeness (QED) is 0.0963. The minimum atomic E-state index is -0.0433. The van der Waals surface area contributed by atoms with E-state index in [1.165, 1.54) is 12.8 Å². The zero-order chi connectivity index (χ0) is 45.1. The lowest BCUT2D eigenvalue weighted by molar-refractivity contribution is -0.118. The summed E-state index contributed by atoms with van der Waals surface area (Å²) in [5, 5.41) is 1.57. The third kappa shape index (κ3) is 12.8. The Hall–Kier alpha value is -4.54. The Kier molecular flexibility index (Phi) is 18.1. The van der Waals surface area contributed by atoms with Crippen molar-refractivity contribution in [3.8, 4) is 11.5 Å². The lowest BCUT2D eigenvalue weighted by Crippen LogP contribution is -2.47. The predicted molar refractivity (Wildman–Crippen MR) is 249 cm³/mol. The molecule has 2 aliphatic rings. The molecule has 0 saturated heterocycles. The molecule has 6 rings (SSSR count). The molecule has 61 heavy (non-hydrogen) atoms. The number of methoxy groups -OCH3 is 2. The maximum atomic E-state index is 13.0. The zero-order valence-corrected chi connectivity index (χ0v) is 40.1. The molecular formula is C43H60BrCl2N11O4. The molecule has 0 aliphatic carbocycles. The third-order valence-corrected chi connectivity index (χ3v) is 11.4. The van der Waals surface area contributed by atoms with Crippen molar-refractivity contribution in [1.29, 1.82) is 0 Å². The van der Waals surface area contributed by atoms with Crippen LogP contribution in [-0.4, -0.2) is 80.8 Å². The van der Waals surface area contributed by atoms with Crippen LogP contribution in [0.25, 0.3) is 0 Å². The van der Waals surface area contributed by atoms with Gasteiger partial charge < -0.3 is 35.6 Å². The number of hydrogen-bond donors (Lipinski definition) is 2.